The molecule has 0 atom stereocenters. The number of hydrogen-bond donors (Lipinski definition) is 1. The summed E-state index contributed by atoms with van der Waals surface area (Å²) in [6, 6.07) is 5.86. The van der Waals surface area contributed by atoms with Crippen LogP contribution in [-0.2, 0) is 6.42 Å². The first-order chi connectivity index (χ1) is 6.24. The summed E-state index contributed by atoms with van der Waals surface area (Å²) < 4.78 is 2.74. The fourth-order valence-corrected chi connectivity index (χ4v) is 1.79. The standard InChI is InChI=1S/C9H10BrN3/c1-2-6-9(11)7-4-3-5-8(10)13(7)12-6/h3-5H,2,11H2,1H3. The Bertz CT molecular complexity index is 447. The second kappa shape index (κ2) is 3.03. The monoisotopic (exact) mass is 239 g/mol. The number of aryl methyl sites for hydroxylation is 1. The molecule has 0 amide bonds. The van der Waals surface area contributed by atoms with Crippen LogP contribution in [0, 0.1) is 0 Å². The Hall–Kier alpha value is -1.03. The summed E-state index contributed by atoms with van der Waals surface area (Å²) in [5.74, 6) is 0. The molecule has 0 spiro atoms. The van der Waals surface area contributed by atoms with Gasteiger partial charge in [-0.15, -0.1) is 0 Å². The summed E-state index contributed by atoms with van der Waals surface area (Å²) in [4.78, 5) is 0. The Kier molecular flexibility index (Phi) is 2.00. The molecule has 4 heteroatoms. The van der Waals surface area contributed by atoms with Crippen LogP contribution < -0.4 is 5.73 Å². The highest BCUT2D eigenvalue weighted by Gasteiger charge is 2.08. The van der Waals surface area contributed by atoms with Gasteiger partial charge in [-0.05, 0) is 34.5 Å². The lowest BCUT2D eigenvalue weighted by Crippen LogP contribution is -1.89. The maximum absolute atomic E-state index is 5.91. The van der Waals surface area contributed by atoms with E-state index in [1.807, 2.05) is 29.6 Å². The first-order valence-corrected chi connectivity index (χ1v) is 4.95. The van der Waals surface area contributed by atoms with Crippen molar-refractivity contribution in [2.45, 2.75) is 13.3 Å². The first-order valence-electron chi connectivity index (χ1n) is 4.15. The van der Waals surface area contributed by atoms with Gasteiger partial charge < -0.3 is 5.73 Å². The summed E-state index contributed by atoms with van der Waals surface area (Å²) in [5.41, 5.74) is 8.61. The molecule has 13 heavy (non-hydrogen) atoms. The van der Waals surface area contributed by atoms with Crippen LogP contribution in [0.2, 0.25) is 0 Å². The Morgan fingerprint density at radius 3 is 2.92 bits per heavy atom. The van der Waals surface area contributed by atoms with E-state index in [0.29, 0.717) is 0 Å². The molecule has 0 saturated heterocycles. The van der Waals surface area contributed by atoms with Crippen molar-refractivity contribution in [3.05, 3.63) is 28.5 Å². The molecule has 2 heterocycles. The second-order valence-corrected chi connectivity index (χ2v) is 3.67. The third-order valence-corrected chi connectivity index (χ3v) is 2.66. The largest absolute Gasteiger partial charge is 0.395 e. The topological polar surface area (TPSA) is 43.3 Å². The van der Waals surface area contributed by atoms with Crippen LogP contribution in [0.1, 0.15) is 12.6 Å². The number of pyridine rings is 1. The van der Waals surface area contributed by atoms with Crippen LogP contribution in [0.15, 0.2) is 22.8 Å². The van der Waals surface area contributed by atoms with Gasteiger partial charge in [0.25, 0.3) is 0 Å². The summed E-state index contributed by atoms with van der Waals surface area (Å²) in [6.07, 6.45) is 0.861. The lowest BCUT2D eigenvalue weighted by molar-refractivity contribution is 0.881. The smallest absolute Gasteiger partial charge is 0.108 e. The van der Waals surface area contributed by atoms with Gasteiger partial charge in [0.1, 0.15) is 4.60 Å². The van der Waals surface area contributed by atoms with E-state index in [2.05, 4.69) is 21.0 Å². The third kappa shape index (κ3) is 1.21. The van der Waals surface area contributed by atoms with Crippen LogP contribution >= 0.6 is 15.9 Å². The zero-order chi connectivity index (χ0) is 9.42. The lowest BCUT2D eigenvalue weighted by Gasteiger charge is -1.94. The number of nitrogens with two attached hydrogens (primary N) is 1. The van der Waals surface area contributed by atoms with Crippen LogP contribution in [0.4, 0.5) is 5.69 Å². The van der Waals surface area contributed by atoms with Crippen molar-refractivity contribution in [2.75, 3.05) is 5.73 Å². The molecule has 0 aliphatic carbocycles. The number of nitrogens with zero attached hydrogens (tertiary/aromatic N) is 2. The molecule has 0 aromatic carbocycles. The molecular formula is C9H10BrN3. The molecule has 0 fully saturated rings. The van der Waals surface area contributed by atoms with Gasteiger partial charge in [0, 0.05) is 0 Å². The number of fused-ring (bicyclic) bond motifs is 1. The van der Waals surface area contributed by atoms with Crippen LogP contribution in [0.5, 0.6) is 0 Å². The molecule has 2 aromatic heterocycles. The maximum Gasteiger partial charge on any atom is 0.108 e. The van der Waals surface area contributed by atoms with Crippen molar-refractivity contribution in [2.24, 2.45) is 0 Å². The van der Waals surface area contributed by atoms with E-state index in [-0.39, 0.29) is 0 Å². The van der Waals surface area contributed by atoms with E-state index >= 15 is 0 Å². The van der Waals surface area contributed by atoms with Crippen molar-refractivity contribution >= 4 is 27.1 Å². The average molecular weight is 240 g/mol. The summed E-state index contributed by atoms with van der Waals surface area (Å²) in [6.45, 7) is 2.05. The van der Waals surface area contributed by atoms with Gasteiger partial charge in [-0.1, -0.05) is 13.0 Å². The van der Waals surface area contributed by atoms with Crippen LogP contribution in [0.25, 0.3) is 5.52 Å². The van der Waals surface area contributed by atoms with Crippen molar-refractivity contribution in [1.82, 2.24) is 9.61 Å². The van der Waals surface area contributed by atoms with Crippen LogP contribution in [0.3, 0.4) is 0 Å². The van der Waals surface area contributed by atoms with Gasteiger partial charge in [0.2, 0.25) is 0 Å². The number of rotatable bonds is 1. The predicted molar refractivity (Wildman–Crippen MR) is 56.7 cm³/mol. The van der Waals surface area contributed by atoms with Crippen molar-refractivity contribution in [3.8, 4) is 0 Å². The first kappa shape index (κ1) is 8.56. The van der Waals surface area contributed by atoms with Gasteiger partial charge in [0.05, 0.1) is 16.9 Å². The number of hydrogen-bond acceptors (Lipinski definition) is 2. The highest BCUT2D eigenvalue weighted by molar-refractivity contribution is 9.10. The van der Waals surface area contributed by atoms with E-state index in [9.17, 15) is 0 Å². The summed E-state index contributed by atoms with van der Waals surface area (Å²) in [7, 11) is 0. The number of anilines is 1. The fraction of sp³-hybridized carbons (Fsp3) is 0.222. The highest BCUT2D eigenvalue weighted by atomic mass is 79.9. The van der Waals surface area contributed by atoms with E-state index in [4.69, 9.17) is 5.73 Å². The molecule has 2 N–H and O–H groups in total. The Morgan fingerprint density at radius 2 is 2.31 bits per heavy atom. The minimum atomic E-state index is 0.781. The predicted octanol–water partition coefficient (Wildman–Crippen LogP) is 2.24. The Morgan fingerprint density at radius 1 is 1.54 bits per heavy atom. The van der Waals surface area contributed by atoms with Gasteiger partial charge in [-0.2, -0.15) is 5.10 Å². The highest BCUT2D eigenvalue weighted by Crippen LogP contribution is 2.22. The molecule has 0 saturated carbocycles. The summed E-state index contributed by atoms with van der Waals surface area (Å²) in [5, 5.41) is 4.38. The molecule has 2 rings (SSSR count). The minimum Gasteiger partial charge on any atom is -0.395 e. The molecule has 0 radical (unpaired) electrons. The van der Waals surface area contributed by atoms with Gasteiger partial charge in [-0.3, -0.25) is 0 Å². The quantitative estimate of drug-likeness (QED) is 0.777. The van der Waals surface area contributed by atoms with Crippen LogP contribution in [-0.4, -0.2) is 9.61 Å². The number of aromatic nitrogens is 2. The second-order valence-electron chi connectivity index (χ2n) is 2.86. The minimum absolute atomic E-state index is 0.781. The molecule has 3 nitrogen and oxygen atoms in total. The number of nitrogen functional groups attached to an aromatic ring is 1. The molecule has 68 valence electrons. The van der Waals surface area contributed by atoms with Crippen molar-refractivity contribution < 1.29 is 0 Å². The SMILES string of the molecule is CCc1nn2c(Br)cccc2c1N. The Balaban J connectivity index is 2.83. The van der Waals surface area contributed by atoms with Gasteiger partial charge in [0.15, 0.2) is 0 Å². The normalized spacial score (nSPS) is 10.9. The lowest BCUT2D eigenvalue weighted by atomic mass is 10.2. The van der Waals surface area contributed by atoms with E-state index in [1.165, 1.54) is 0 Å². The van der Waals surface area contributed by atoms with Crippen molar-refractivity contribution in [1.29, 1.82) is 0 Å². The fourth-order valence-electron chi connectivity index (χ4n) is 1.36. The van der Waals surface area contributed by atoms with Gasteiger partial charge in [-0.25, -0.2) is 4.52 Å². The maximum atomic E-state index is 5.91. The van der Waals surface area contributed by atoms with Gasteiger partial charge >= 0.3 is 0 Å². The molecule has 0 unspecified atom stereocenters. The molecule has 0 aliphatic heterocycles. The van der Waals surface area contributed by atoms with Crippen molar-refractivity contribution in [3.63, 3.8) is 0 Å². The molecule has 0 aliphatic rings. The summed E-state index contributed by atoms with van der Waals surface area (Å²) >= 11 is 3.42. The average Bonchev–Trinajstić information content (AvgIpc) is 2.45. The molecule has 2 aromatic rings. The zero-order valence-electron chi connectivity index (χ0n) is 7.29. The zero-order valence-corrected chi connectivity index (χ0v) is 8.87. The molecular weight excluding hydrogens is 230 g/mol. The Labute approximate surface area is 84.7 Å². The van der Waals surface area contributed by atoms with E-state index < -0.39 is 0 Å². The van der Waals surface area contributed by atoms with E-state index in [1.54, 1.807) is 0 Å². The third-order valence-electron chi connectivity index (χ3n) is 2.06. The number of halogens is 1. The van der Waals surface area contributed by atoms with E-state index in [0.717, 1.165) is 27.9 Å². The molecule has 0 bridgehead atoms.